The molecule has 0 aliphatic heterocycles. The first-order valence-corrected chi connectivity index (χ1v) is 8.81. The highest BCUT2D eigenvalue weighted by molar-refractivity contribution is 7.80. The summed E-state index contributed by atoms with van der Waals surface area (Å²) in [6, 6.07) is 12.0. The van der Waals surface area contributed by atoms with Crippen LogP contribution in [0.15, 0.2) is 36.4 Å². The number of benzene rings is 2. The topological polar surface area (TPSA) is 39.7 Å². The monoisotopic (exact) mass is 359 g/mol. The number of hydrogen-bond acceptors (Lipinski definition) is 4. The summed E-state index contributed by atoms with van der Waals surface area (Å²) >= 11 is 5.12. The van der Waals surface area contributed by atoms with E-state index < -0.39 is 0 Å². The summed E-state index contributed by atoms with van der Waals surface area (Å²) in [7, 11) is 1.54. The number of thiocarbonyl (C=S) groups is 1. The molecule has 1 N–H and O–H groups in total. The van der Waals surface area contributed by atoms with E-state index in [2.05, 4.69) is 31.3 Å². The predicted octanol–water partition coefficient (Wildman–Crippen LogP) is 4.88. The van der Waals surface area contributed by atoms with Crippen molar-refractivity contribution in [3.63, 3.8) is 0 Å². The van der Waals surface area contributed by atoms with Crippen LogP contribution in [-0.4, -0.2) is 18.9 Å². The van der Waals surface area contributed by atoms with Gasteiger partial charge in [-0.05, 0) is 56.2 Å². The second-order valence-corrected chi connectivity index (χ2v) is 5.96. The Hall–Kier alpha value is -2.27. The van der Waals surface area contributed by atoms with Crippen LogP contribution in [0.3, 0.4) is 0 Å². The van der Waals surface area contributed by atoms with Crippen molar-refractivity contribution in [2.45, 2.75) is 33.8 Å². The molecule has 0 spiro atoms. The van der Waals surface area contributed by atoms with Crippen molar-refractivity contribution in [2.24, 2.45) is 0 Å². The van der Waals surface area contributed by atoms with Crippen LogP contribution in [0.25, 0.3) is 0 Å². The summed E-state index contributed by atoms with van der Waals surface area (Å²) in [5, 5.41) is 3.39. The second-order valence-electron chi connectivity index (χ2n) is 5.59. The number of rotatable bonds is 7. The average Bonchev–Trinajstić information content (AvgIpc) is 2.62. The lowest BCUT2D eigenvalue weighted by molar-refractivity contribution is 0.285. The van der Waals surface area contributed by atoms with Gasteiger partial charge in [-0.15, -0.1) is 0 Å². The highest BCUT2D eigenvalue weighted by atomic mass is 32.1. The second kappa shape index (κ2) is 9.28. The van der Waals surface area contributed by atoms with Crippen LogP contribution in [0, 0.1) is 6.92 Å². The molecule has 0 bridgehead atoms. The minimum absolute atomic E-state index is 0.305. The zero-order valence-corrected chi connectivity index (χ0v) is 16.0. The highest BCUT2D eigenvalue weighted by Gasteiger charge is 2.13. The maximum Gasteiger partial charge on any atom is 0.260 e. The lowest BCUT2D eigenvalue weighted by atomic mass is 10.1. The van der Waals surface area contributed by atoms with Crippen LogP contribution >= 0.6 is 12.2 Å². The Morgan fingerprint density at radius 1 is 1.08 bits per heavy atom. The van der Waals surface area contributed by atoms with Gasteiger partial charge >= 0.3 is 0 Å². The van der Waals surface area contributed by atoms with Gasteiger partial charge in [-0.1, -0.05) is 30.7 Å². The number of ether oxygens (including phenoxy) is 3. The Morgan fingerprint density at radius 3 is 2.56 bits per heavy atom. The van der Waals surface area contributed by atoms with Gasteiger partial charge in [0, 0.05) is 0 Å². The molecular weight excluding hydrogens is 334 g/mol. The van der Waals surface area contributed by atoms with Crippen molar-refractivity contribution in [1.82, 2.24) is 0 Å². The van der Waals surface area contributed by atoms with E-state index in [0.717, 1.165) is 29.2 Å². The van der Waals surface area contributed by atoms with Crippen molar-refractivity contribution in [3.8, 4) is 11.5 Å². The number of nitrogens with one attached hydrogen (secondary N) is 1. The molecule has 2 aromatic rings. The van der Waals surface area contributed by atoms with Gasteiger partial charge in [0.2, 0.25) is 0 Å². The third-order valence-corrected chi connectivity index (χ3v) is 4.09. The standard InChI is InChI=1S/C20H25NO3S/c1-5-15-12-14(3)10-11-18(15)24-13-16-17(21-20(25)22-4)8-7-9-19(16)23-6-2/h7-12H,5-6,13H2,1-4H3,(H,21,25). The molecule has 0 amide bonds. The first-order valence-electron chi connectivity index (χ1n) is 8.41. The molecule has 0 saturated carbocycles. The van der Waals surface area contributed by atoms with Gasteiger partial charge in [0.15, 0.2) is 0 Å². The number of anilines is 1. The molecule has 2 rings (SSSR count). The first kappa shape index (κ1) is 19.1. The van der Waals surface area contributed by atoms with Crippen LogP contribution in [0.1, 0.15) is 30.5 Å². The van der Waals surface area contributed by atoms with Gasteiger partial charge in [0.1, 0.15) is 18.1 Å². The Bertz CT molecular complexity index is 731. The number of hydrogen-bond donors (Lipinski definition) is 1. The number of aryl methyl sites for hydroxylation is 2. The molecule has 25 heavy (non-hydrogen) atoms. The zero-order chi connectivity index (χ0) is 18.2. The molecule has 0 radical (unpaired) electrons. The third kappa shape index (κ3) is 5.10. The van der Waals surface area contributed by atoms with E-state index in [1.807, 2.05) is 31.2 Å². The molecule has 4 nitrogen and oxygen atoms in total. The molecule has 0 aliphatic rings. The van der Waals surface area contributed by atoms with Gasteiger partial charge < -0.3 is 19.5 Å². The first-order chi connectivity index (χ1) is 12.1. The smallest absolute Gasteiger partial charge is 0.260 e. The Kier molecular flexibility index (Phi) is 7.07. The van der Waals surface area contributed by atoms with Crippen LogP contribution < -0.4 is 14.8 Å². The van der Waals surface area contributed by atoms with E-state index in [0.29, 0.717) is 18.4 Å². The van der Waals surface area contributed by atoms with E-state index in [1.54, 1.807) is 0 Å². The van der Waals surface area contributed by atoms with E-state index in [9.17, 15) is 0 Å². The Balaban J connectivity index is 2.28. The minimum atomic E-state index is 0.305. The van der Waals surface area contributed by atoms with Crippen molar-refractivity contribution in [3.05, 3.63) is 53.1 Å². The fourth-order valence-corrected chi connectivity index (χ4v) is 2.67. The molecule has 134 valence electrons. The molecule has 0 aliphatic carbocycles. The Morgan fingerprint density at radius 2 is 1.88 bits per heavy atom. The predicted molar refractivity (Wildman–Crippen MR) is 106 cm³/mol. The van der Waals surface area contributed by atoms with Crippen LogP contribution in [-0.2, 0) is 17.8 Å². The molecule has 5 heteroatoms. The van der Waals surface area contributed by atoms with Gasteiger partial charge in [-0.3, -0.25) is 0 Å². The molecule has 0 saturated heterocycles. The van der Waals surface area contributed by atoms with Gasteiger partial charge in [-0.2, -0.15) is 0 Å². The van der Waals surface area contributed by atoms with E-state index in [4.69, 9.17) is 26.4 Å². The van der Waals surface area contributed by atoms with E-state index in [1.165, 1.54) is 18.2 Å². The number of methoxy groups -OCH3 is 1. The molecule has 0 atom stereocenters. The van der Waals surface area contributed by atoms with Gasteiger partial charge in [0.25, 0.3) is 5.17 Å². The van der Waals surface area contributed by atoms with E-state index in [-0.39, 0.29) is 0 Å². The van der Waals surface area contributed by atoms with Crippen LogP contribution in [0.2, 0.25) is 0 Å². The molecule has 0 unspecified atom stereocenters. The van der Waals surface area contributed by atoms with Crippen LogP contribution in [0.4, 0.5) is 5.69 Å². The van der Waals surface area contributed by atoms with Gasteiger partial charge in [0.05, 0.1) is 25.0 Å². The summed E-state index contributed by atoms with van der Waals surface area (Å²) < 4.78 is 16.9. The largest absolute Gasteiger partial charge is 0.493 e. The van der Waals surface area contributed by atoms with Crippen molar-refractivity contribution in [2.75, 3.05) is 19.0 Å². The van der Waals surface area contributed by atoms with Crippen molar-refractivity contribution in [1.29, 1.82) is 0 Å². The SMILES string of the molecule is CCOc1cccc(NC(=S)OC)c1COc1ccc(C)cc1CC. The quantitative estimate of drug-likeness (QED) is 0.714. The maximum absolute atomic E-state index is 6.11. The summed E-state index contributed by atoms with van der Waals surface area (Å²) in [5.41, 5.74) is 4.15. The lowest BCUT2D eigenvalue weighted by Crippen LogP contribution is -2.14. The maximum atomic E-state index is 6.11. The summed E-state index contributed by atoms with van der Waals surface area (Å²) in [6.07, 6.45) is 0.920. The molecule has 0 fully saturated rings. The zero-order valence-electron chi connectivity index (χ0n) is 15.2. The van der Waals surface area contributed by atoms with Crippen LogP contribution in [0.5, 0.6) is 11.5 Å². The van der Waals surface area contributed by atoms with Crippen molar-refractivity contribution >= 4 is 23.1 Å². The highest BCUT2D eigenvalue weighted by Crippen LogP contribution is 2.30. The average molecular weight is 359 g/mol. The summed E-state index contributed by atoms with van der Waals surface area (Å²) in [5.74, 6) is 1.66. The molecule has 0 heterocycles. The van der Waals surface area contributed by atoms with Gasteiger partial charge in [-0.25, -0.2) is 0 Å². The molecule has 2 aromatic carbocycles. The van der Waals surface area contributed by atoms with E-state index >= 15 is 0 Å². The summed E-state index contributed by atoms with van der Waals surface area (Å²) in [4.78, 5) is 0. The fourth-order valence-electron chi connectivity index (χ4n) is 2.56. The van der Waals surface area contributed by atoms with Crippen molar-refractivity contribution < 1.29 is 14.2 Å². The molecular formula is C20H25NO3S. The summed E-state index contributed by atoms with van der Waals surface area (Å²) in [6.45, 7) is 7.12. The lowest BCUT2D eigenvalue weighted by Gasteiger charge is -2.18. The fraction of sp³-hybridized carbons (Fsp3) is 0.350. The minimum Gasteiger partial charge on any atom is -0.493 e. The third-order valence-electron chi connectivity index (χ3n) is 3.82. The Labute approximate surface area is 155 Å². The molecule has 0 aromatic heterocycles. The normalized spacial score (nSPS) is 10.2.